The minimum atomic E-state index is 0.154. The van der Waals surface area contributed by atoms with Gasteiger partial charge in [-0.15, -0.1) is 0 Å². The van der Waals surface area contributed by atoms with Gasteiger partial charge in [-0.25, -0.2) is 0 Å². The molecule has 106 valence electrons. The van der Waals surface area contributed by atoms with Gasteiger partial charge in [-0.3, -0.25) is 0 Å². The van der Waals surface area contributed by atoms with Crippen LogP contribution < -0.4 is 0 Å². The molecule has 0 atom stereocenters. The molecule has 0 aliphatic heterocycles. The molecule has 0 heterocycles. The Labute approximate surface area is 116 Å². The van der Waals surface area contributed by atoms with Crippen molar-refractivity contribution in [3.05, 3.63) is 29.3 Å². The van der Waals surface area contributed by atoms with E-state index in [0.29, 0.717) is 5.56 Å². The molecule has 0 unspecified atom stereocenters. The van der Waals surface area contributed by atoms with E-state index in [1.165, 1.54) is 56.7 Å². The third-order valence-electron chi connectivity index (χ3n) is 3.36. The lowest BCUT2D eigenvalue weighted by molar-refractivity contribution is 0.321. The van der Waals surface area contributed by atoms with Crippen molar-refractivity contribution in [3.63, 3.8) is 0 Å². The first-order chi connectivity index (χ1) is 9.27. The maximum absolute atomic E-state index is 9.56. The third kappa shape index (κ3) is 6.27. The van der Waals surface area contributed by atoms with E-state index in [1.54, 1.807) is 6.07 Å². The first-order valence-electron chi connectivity index (χ1n) is 7.27. The summed E-state index contributed by atoms with van der Waals surface area (Å²) in [4.78, 5) is 0. The van der Waals surface area contributed by atoms with Crippen molar-refractivity contribution in [1.29, 1.82) is 0 Å². The zero-order valence-electron chi connectivity index (χ0n) is 11.8. The van der Waals surface area contributed by atoms with Crippen molar-refractivity contribution < 1.29 is 10.3 Å². The molecule has 1 rings (SSSR count). The Hall–Kier alpha value is -1.51. The molecule has 3 heteroatoms. The maximum atomic E-state index is 9.56. The summed E-state index contributed by atoms with van der Waals surface area (Å²) in [5.41, 5.74) is 1.75. The number of phenols is 1. The summed E-state index contributed by atoms with van der Waals surface area (Å²) in [6, 6.07) is 5.47. The summed E-state index contributed by atoms with van der Waals surface area (Å²) in [6.45, 7) is 2.23. The van der Waals surface area contributed by atoms with Crippen molar-refractivity contribution in [1.82, 2.24) is 0 Å². The molecule has 0 radical (unpaired) electrons. The van der Waals surface area contributed by atoms with Gasteiger partial charge in [-0.05, 0) is 30.5 Å². The smallest absolute Gasteiger partial charge is 0.124 e. The summed E-state index contributed by atoms with van der Waals surface area (Å²) in [7, 11) is 0. The van der Waals surface area contributed by atoms with E-state index in [2.05, 4.69) is 12.1 Å². The molecule has 0 aromatic heterocycles. The van der Waals surface area contributed by atoms with Crippen molar-refractivity contribution in [2.24, 2.45) is 5.16 Å². The standard InChI is InChI=1S/C16H25NO2/c1-2-3-4-5-6-7-8-9-14-10-11-16(18)15(12-14)13-17-19/h10-13,18-19H,2-9H2,1H3. The lowest BCUT2D eigenvalue weighted by atomic mass is 10.0. The Morgan fingerprint density at radius 3 is 2.42 bits per heavy atom. The lowest BCUT2D eigenvalue weighted by Crippen LogP contribution is -1.90. The number of aryl methyl sites for hydroxylation is 1. The summed E-state index contributed by atoms with van der Waals surface area (Å²) in [6.07, 6.45) is 11.4. The molecule has 1 aromatic rings. The van der Waals surface area contributed by atoms with E-state index in [4.69, 9.17) is 5.21 Å². The lowest BCUT2D eigenvalue weighted by Gasteiger charge is -2.05. The molecular weight excluding hydrogens is 238 g/mol. The number of benzene rings is 1. The Bertz CT molecular complexity index is 388. The molecule has 19 heavy (non-hydrogen) atoms. The second kappa shape index (κ2) is 9.42. The molecule has 0 spiro atoms. The minimum Gasteiger partial charge on any atom is -0.507 e. The Morgan fingerprint density at radius 2 is 1.74 bits per heavy atom. The molecule has 0 aliphatic rings. The number of unbranched alkanes of at least 4 members (excludes halogenated alkanes) is 6. The fourth-order valence-electron chi connectivity index (χ4n) is 2.21. The van der Waals surface area contributed by atoms with Gasteiger partial charge >= 0.3 is 0 Å². The SMILES string of the molecule is CCCCCCCCCc1ccc(O)c(C=NO)c1. The highest BCUT2D eigenvalue weighted by atomic mass is 16.4. The molecule has 0 bridgehead atoms. The molecular formula is C16H25NO2. The van der Waals surface area contributed by atoms with Crippen LogP contribution in [0.5, 0.6) is 5.75 Å². The van der Waals surface area contributed by atoms with Crippen LogP contribution in [-0.4, -0.2) is 16.5 Å². The van der Waals surface area contributed by atoms with E-state index in [-0.39, 0.29) is 5.75 Å². The van der Waals surface area contributed by atoms with Crippen LogP contribution in [0, 0.1) is 0 Å². The summed E-state index contributed by atoms with van der Waals surface area (Å²) in [5, 5.41) is 21.0. The van der Waals surface area contributed by atoms with Crippen molar-refractivity contribution >= 4 is 6.21 Å². The average Bonchev–Trinajstić information content (AvgIpc) is 2.41. The van der Waals surface area contributed by atoms with Crippen LogP contribution in [0.25, 0.3) is 0 Å². The van der Waals surface area contributed by atoms with Gasteiger partial charge < -0.3 is 10.3 Å². The molecule has 1 aromatic carbocycles. The van der Waals surface area contributed by atoms with E-state index in [0.717, 1.165) is 6.42 Å². The number of hydrogen-bond donors (Lipinski definition) is 2. The summed E-state index contributed by atoms with van der Waals surface area (Å²) < 4.78 is 0. The number of aromatic hydroxyl groups is 1. The van der Waals surface area contributed by atoms with Gasteiger partial charge in [-0.2, -0.15) is 0 Å². The first kappa shape index (κ1) is 15.5. The van der Waals surface area contributed by atoms with Gasteiger partial charge in [0.2, 0.25) is 0 Å². The van der Waals surface area contributed by atoms with Crippen LogP contribution in [0.15, 0.2) is 23.4 Å². The van der Waals surface area contributed by atoms with Gasteiger partial charge in [0.25, 0.3) is 0 Å². The number of rotatable bonds is 9. The molecule has 0 saturated carbocycles. The zero-order valence-corrected chi connectivity index (χ0v) is 11.8. The largest absolute Gasteiger partial charge is 0.507 e. The topological polar surface area (TPSA) is 52.8 Å². The van der Waals surface area contributed by atoms with Crippen LogP contribution in [0.3, 0.4) is 0 Å². The van der Waals surface area contributed by atoms with Gasteiger partial charge in [0, 0.05) is 5.56 Å². The number of hydrogen-bond acceptors (Lipinski definition) is 3. The van der Waals surface area contributed by atoms with Crippen molar-refractivity contribution in [2.75, 3.05) is 0 Å². The van der Waals surface area contributed by atoms with Crippen LogP contribution >= 0.6 is 0 Å². The molecule has 0 saturated heterocycles. The average molecular weight is 263 g/mol. The van der Waals surface area contributed by atoms with Gasteiger partial charge in [0.1, 0.15) is 5.75 Å². The zero-order chi connectivity index (χ0) is 13.9. The predicted molar refractivity (Wildman–Crippen MR) is 79.2 cm³/mol. The highest BCUT2D eigenvalue weighted by Crippen LogP contribution is 2.18. The third-order valence-corrected chi connectivity index (χ3v) is 3.36. The highest BCUT2D eigenvalue weighted by molar-refractivity contribution is 5.83. The Morgan fingerprint density at radius 1 is 1.05 bits per heavy atom. The molecule has 0 aliphatic carbocycles. The number of nitrogens with zero attached hydrogens (tertiary/aromatic N) is 1. The predicted octanol–water partition coefficient (Wildman–Crippen LogP) is 4.49. The van der Waals surface area contributed by atoms with Crippen molar-refractivity contribution in [3.8, 4) is 5.75 Å². The van der Waals surface area contributed by atoms with E-state index in [1.807, 2.05) is 12.1 Å². The monoisotopic (exact) mass is 263 g/mol. The molecule has 2 N–H and O–H groups in total. The fraction of sp³-hybridized carbons (Fsp3) is 0.562. The van der Waals surface area contributed by atoms with Gasteiger partial charge in [0.15, 0.2) is 0 Å². The quantitative estimate of drug-likeness (QED) is 0.298. The van der Waals surface area contributed by atoms with Gasteiger partial charge in [0.05, 0.1) is 6.21 Å². The summed E-state index contributed by atoms with van der Waals surface area (Å²) >= 11 is 0. The first-order valence-corrected chi connectivity index (χ1v) is 7.27. The normalized spacial score (nSPS) is 11.2. The number of phenolic OH excluding ortho intramolecular Hbond substituents is 1. The van der Waals surface area contributed by atoms with E-state index < -0.39 is 0 Å². The molecule has 0 fully saturated rings. The van der Waals surface area contributed by atoms with Crippen LogP contribution in [0.1, 0.15) is 63.0 Å². The minimum absolute atomic E-state index is 0.154. The van der Waals surface area contributed by atoms with Crippen molar-refractivity contribution in [2.45, 2.75) is 58.3 Å². The summed E-state index contributed by atoms with van der Waals surface area (Å²) in [5.74, 6) is 0.154. The molecule has 0 amide bonds. The van der Waals surface area contributed by atoms with E-state index >= 15 is 0 Å². The second-order valence-electron chi connectivity index (χ2n) is 5.01. The van der Waals surface area contributed by atoms with Crippen LogP contribution in [-0.2, 0) is 6.42 Å². The highest BCUT2D eigenvalue weighted by Gasteiger charge is 2.01. The Balaban J connectivity index is 2.27. The van der Waals surface area contributed by atoms with E-state index in [9.17, 15) is 5.11 Å². The fourth-order valence-corrected chi connectivity index (χ4v) is 2.21. The van der Waals surface area contributed by atoms with Crippen LogP contribution in [0.2, 0.25) is 0 Å². The Kier molecular flexibility index (Phi) is 7.71. The number of oxime groups is 1. The van der Waals surface area contributed by atoms with Crippen LogP contribution in [0.4, 0.5) is 0 Å². The van der Waals surface area contributed by atoms with Gasteiger partial charge in [-0.1, -0.05) is 56.7 Å². The molecule has 3 nitrogen and oxygen atoms in total. The second-order valence-corrected chi connectivity index (χ2v) is 5.01. The maximum Gasteiger partial charge on any atom is 0.124 e.